The second-order valence-corrected chi connectivity index (χ2v) is 10.6. The molecule has 5 atom stereocenters. The van der Waals surface area contributed by atoms with Gasteiger partial charge in [-0.15, -0.1) is 0 Å². The van der Waals surface area contributed by atoms with Gasteiger partial charge in [-0.3, -0.25) is 19.3 Å². The van der Waals surface area contributed by atoms with Crippen molar-refractivity contribution < 1.29 is 23.9 Å². The highest BCUT2D eigenvalue weighted by atomic mass is 16.5. The van der Waals surface area contributed by atoms with E-state index in [9.17, 15) is 14.4 Å². The summed E-state index contributed by atoms with van der Waals surface area (Å²) in [5, 5.41) is 5.75. The van der Waals surface area contributed by atoms with Gasteiger partial charge in [-0.2, -0.15) is 0 Å². The van der Waals surface area contributed by atoms with E-state index in [2.05, 4.69) is 24.5 Å². The van der Waals surface area contributed by atoms with Gasteiger partial charge in [-0.25, -0.2) is 0 Å². The number of rotatable bonds is 7. The van der Waals surface area contributed by atoms with Crippen LogP contribution in [-0.2, 0) is 14.4 Å². The van der Waals surface area contributed by atoms with E-state index in [0.717, 1.165) is 5.56 Å². The molecule has 1 saturated heterocycles. The molecule has 2 N–H and O–H groups in total. The summed E-state index contributed by atoms with van der Waals surface area (Å²) < 4.78 is 11.8. The van der Waals surface area contributed by atoms with Crippen LogP contribution >= 0.6 is 0 Å². The zero-order chi connectivity index (χ0) is 27.3. The highest BCUT2D eigenvalue weighted by Crippen LogP contribution is 2.30. The van der Waals surface area contributed by atoms with Crippen molar-refractivity contribution in [1.82, 2.24) is 20.4 Å². The van der Waals surface area contributed by atoms with Crippen LogP contribution in [0.5, 0.6) is 11.5 Å². The van der Waals surface area contributed by atoms with Crippen molar-refractivity contribution >= 4 is 23.8 Å². The number of hydrogen-bond donors (Lipinski definition) is 2. The van der Waals surface area contributed by atoms with Gasteiger partial charge >= 0.3 is 0 Å². The average molecular weight is 515 g/mol. The van der Waals surface area contributed by atoms with Crippen molar-refractivity contribution in [2.75, 3.05) is 27.7 Å². The molecule has 9 heteroatoms. The van der Waals surface area contributed by atoms with Crippen LogP contribution in [0.4, 0.5) is 0 Å². The van der Waals surface area contributed by atoms with Crippen molar-refractivity contribution in [3.05, 3.63) is 30.0 Å². The van der Waals surface area contributed by atoms with Crippen molar-refractivity contribution in [3.8, 4) is 11.5 Å². The molecule has 0 aromatic heterocycles. The van der Waals surface area contributed by atoms with Gasteiger partial charge in [0.05, 0.1) is 13.2 Å². The van der Waals surface area contributed by atoms with Crippen LogP contribution in [0, 0.1) is 11.8 Å². The molecule has 2 aliphatic heterocycles. The van der Waals surface area contributed by atoms with Crippen molar-refractivity contribution in [3.63, 3.8) is 0 Å². The Kier molecular flexibility index (Phi) is 9.59. The smallest absolute Gasteiger partial charge is 0.247 e. The van der Waals surface area contributed by atoms with Gasteiger partial charge in [-0.05, 0) is 56.6 Å². The Morgan fingerprint density at radius 2 is 1.95 bits per heavy atom. The standard InChI is InChI=1S/C28H42N4O5/c1-8-18(4)24-26(33)29-13-11-19-16-20(9-10-22(19)36-7)37-23-12-14-32(25(23)27(34)30-24)28(35)21(31(5)6)15-17(2)3/h9-11,13,16-18,21,23-25H,8,12,14-15H2,1-7H3,(H,29,33)(H,30,34)/b13-11-. The molecular formula is C28H42N4O5. The number of fused-ring (bicyclic) bond motifs is 3. The molecule has 2 aliphatic rings. The zero-order valence-electron chi connectivity index (χ0n) is 23.1. The molecule has 0 saturated carbocycles. The molecule has 3 amide bonds. The maximum absolute atomic E-state index is 13.8. The average Bonchev–Trinajstić information content (AvgIpc) is 3.27. The Morgan fingerprint density at radius 1 is 1.22 bits per heavy atom. The molecule has 1 aromatic carbocycles. The lowest BCUT2D eigenvalue weighted by Gasteiger charge is -2.34. The maximum atomic E-state index is 13.8. The second kappa shape index (κ2) is 12.4. The van der Waals surface area contributed by atoms with Crippen LogP contribution < -0.4 is 20.1 Å². The van der Waals surface area contributed by atoms with Gasteiger partial charge in [-0.1, -0.05) is 34.1 Å². The van der Waals surface area contributed by atoms with Crippen LogP contribution in [0.3, 0.4) is 0 Å². The first-order valence-corrected chi connectivity index (χ1v) is 13.2. The predicted octanol–water partition coefficient (Wildman–Crippen LogP) is 2.65. The Labute approximate surface area is 220 Å². The summed E-state index contributed by atoms with van der Waals surface area (Å²) in [6, 6.07) is 3.41. The third kappa shape index (κ3) is 6.63. The summed E-state index contributed by atoms with van der Waals surface area (Å²) in [4.78, 5) is 44.3. The number of methoxy groups -OCH3 is 1. The summed E-state index contributed by atoms with van der Waals surface area (Å²) in [6.45, 7) is 8.45. The van der Waals surface area contributed by atoms with Gasteiger partial charge < -0.3 is 25.0 Å². The van der Waals surface area contributed by atoms with E-state index >= 15 is 0 Å². The largest absolute Gasteiger partial charge is 0.496 e. The molecule has 0 spiro atoms. The summed E-state index contributed by atoms with van der Waals surface area (Å²) in [6.07, 6.45) is 4.61. The molecule has 37 heavy (non-hydrogen) atoms. The Morgan fingerprint density at radius 3 is 2.57 bits per heavy atom. The van der Waals surface area contributed by atoms with E-state index in [4.69, 9.17) is 9.47 Å². The number of carbonyl (C=O) groups excluding carboxylic acids is 3. The third-order valence-corrected chi connectivity index (χ3v) is 7.27. The number of nitrogens with one attached hydrogen (secondary N) is 2. The Bertz CT molecular complexity index is 1010. The predicted molar refractivity (Wildman–Crippen MR) is 143 cm³/mol. The SMILES string of the molecule is CCC(C)C1NC(=O)C2C(CCN2C(=O)C(CC(C)C)N(C)C)Oc2ccc(OC)c(c2)/C=C\NC1=O. The second-order valence-electron chi connectivity index (χ2n) is 10.6. The lowest BCUT2D eigenvalue weighted by atomic mass is 9.97. The van der Waals surface area contributed by atoms with Gasteiger partial charge in [0.25, 0.3) is 0 Å². The van der Waals surface area contributed by atoms with Crippen molar-refractivity contribution in [1.29, 1.82) is 0 Å². The van der Waals surface area contributed by atoms with Crippen LogP contribution in [-0.4, -0.2) is 79.5 Å². The molecule has 2 bridgehead atoms. The first-order chi connectivity index (χ1) is 17.6. The number of likely N-dealkylation sites (N-methyl/N-ethyl adjacent to an activating group) is 1. The Hall–Kier alpha value is -3.07. The first-order valence-electron chi connectivity index (χ1n) is 13.2. The van der Waals surface area contributed by atoms with Crippen LogP contribution in [0.15, 0.2) is 24.4 Å². The molecule has 2 heterocycles. The lowest BCUT2D eigenvalue weighted by Crippen LogP contribution is -2.59. The lowest BCUT2D eigenvalue weighted by molar-refractivity contribution is -0.145. The number of nitrogens with zero attached hydrogens (tertiary/aromatic N) is 2. The minimum Gasteiger partial charge on any atom is -0.496 e. The molecular weight excluding hydrogens is 472 g/mol. The molecule has 0 radical (unpaired) electrons. The zero-order valence-corrected chi connectivity index (χ0v) is 23.1. The number of amides is 3. The fraction of sp³-hybridized carbons (Fsp3) is 0.607. The maximum Gasteiger partial charge on any atom is 0.247 e. The van der Waals surface area contributed by atoms with Crippen LogP contribution in [0.2, 0.25) is 0 Å². The highest BCUT2D eigenvalue weighted by Gasteiger charge is 2.46. The van der Waals surface area contributed by atoms with Crippen LogP contribution in [0.25, 0.3) is 6.08 Å². The monoisotopic (exact) mass is 514 g/mol. The summed E-state index contributed by atoms with van der Waals surface area (Å²) in [5.41, 5.74) is 0.728. The molecule has 0 aliphatic carbocycles. The first kappa shape index (κ1) is 28.5. The summed E-state index contributed by atoms with van der Waals surface area (Å²) >= 11 is 0. The molecule has 3 rings (SSSR count). The fourth-order valence-electron chi connectivity index (χ4n) is 4.95. The normalized spacial score (nSPS) is 24.6. The molecule has 9 nitrogen and oxygen atoms in total. The van der Waals surface area contributed by atoms with Crippen molar-refractivity contribution in [2.24, 2.45) is 11.8 Å². The number of likely N-dealkylation sites (tertiary alicyclic amines) is 1. The topological polar surface area (TPSA) is 100 Å². The van der Waals surface area contributed by atoms with Crippen LogP contribution in [0.1, 0.15) is 52.5 Å². The highest BCUT2D eigenvalue weighted by molar-refractivity contribution is 5.94. The minimum atomic E-state index is -0.860. The van der Waals surface area contributed by atoms with E-state index < -0.39 is 18.2 Å². The number of carbonyl (C=O) groups is 3. The van der Waals surface area contributed by atoms with Crippen molar-refractivity contribution in [2.45, 2.75) is 71.2 Å². The number of ether oxygens (including phenoxy) is 2. The number of hydrogen-bond acceptors (Lipinski definition) is 6. The molecule has 5 unspecified atom stereocenters. The van der Waals surface area contributed by atoms with E-state index in [0.29, 0.717) is 43.2 Å². The summed E-state index contributed by atoms with van der Waals surface area (Å²) in [5.74, 6) is 0.594. The third-order valence-electron chi connectivity index (χ3n) is 7.27. The van der Waals surface area contributed by atoms with E-state index in [1.165, 1.54) is 0 Å². The van der Waals surface area contributed by atoms with Gasteiger partial charge in [0.15, 0.2) is 0 Å². The Balaban J connectivity index is 2.04. The van der Waals surface area contributed by atoms with E-state index in [-0.39, 0.29) is 29.7 Å². The minimum absolute atomic E-state index is 0.101. The van der Waals surface area contributed by atoms with E-state index in [1.54, 1.807) is 36.4 Å². The molecule has 1 aromatic rings. The van der Waals surface area contributed by atoms with Gasteiger partial charge in [0.2, 0.25) is 17.7 Å². The fourth-order valence-corrected chi connectivity index (χ4v) is 4.95. The summed E-state index contributed by atoms with van der Waals surface area (Å²) in [7, 11) is 5.35. The quantitative estimate of drug-likeness (QED) is 0.580. The van der Waals surface area contributed by atoms with Gasteiger partial charge in [0, 0.05) is 24.7 Å². The number of benzene rings is 1. The van der Waals surface area contributed by atoms with E-state index in [1.807, 2.05) is 38.9 Å². The molecule has 1 fully saturated rings. The van der Waals surface area contributed by atoms with Gasteiger partial charge in [0.1, 0.15) is 29.7 Å². The molecule has 204 valence electrons.